The maximum Gasteiger partial charge on any atom is 0.261 e. The van der Waals surface area contributed by atoms with Gasteiger partial charge in [-0.2, -0.15) is 0 Å². The lowest BCUT2D eigenvalue weighted by molar-refractivity contribution is 0.0198. The van der Waals surface area contributed by atoms with Crippen LogP contribution in [0.15, 0.2) is 47.5 Å². The van der Waals surface area contributed by atoms with Gasteiger partial charge in [-0.15, -0.1) is 0 Å². The van der Waals surface area contributed by atoms with Crippen LogP contribution in [0, 0.1) is 0 Å². The first-order valence-corrected chi connectivity index (χ1v) is 8.92. The number of aromatic nitrogens is 2. The molecule has 2 aromatic carbocycles. The molecule has 0 aliphatic heterocycles. The largest absolute Gasteiger partial charge is 0.389 e. The molecule has 5 nitrogen and oxygen atoms in total. The fourth-order valence-corrected chi connectivity index (χ4v) is 3.17. The maximum atomic E-state index is 12.5. The Labute approximate surface area is 164 Å². The highest BCUT2D eigenvalue weighted by Gasteiger charge is 2.12. The van der Waals surface area contributed by atoms with Crippen molar-refractivity contribution in [2.75, 3.05) is 6.61 Å². The number of benzene rings is 2. The van der Waals surface area contributed by atoms with E-state index < -0.39 is 6.10 Å². The molecule has 0 amide bonds. The predicted molar refractivity (Wildman–Crippen MR) is 103 cm³/mol. The summed E-state index contributed by atoms with van der Waals surface area (Å²) >= 11 is 17.8. The summed E-state index contributed by atoms with van der Waals surface area (Å²) in [6.07, 6.45) is 0.487. The van der Waals surface area contributed by atoms with E-state index in [1.54, 1.807) is 12.1 Å². The molecule has 0 fully saturated rings. The second-order valence-corrected chi connectivity index (χ2v) is 7.06. The van der Waals surface area contributed by atoms with Crippen molar-refractivity contribution in [3.05, 3.63) is 73.7 Å². The highest BCUT2D eigenvalue weighted by molar-refractivity contribution is 6.38. The lowest BCUT2D eigenvalue weighted by Gasteiger charge is -2.13. The van der Waals surface area contributed by atoms with Crippen molar-refractivity contribution in [3.63, 3.8) is 0 Å². The number of halogens is 3. The molecule has 0 aliphatic rings. The molecule has 0 spiro atoms. The molecule has 3 rings (SSSR count). The van der Waals surface area contributed by atoms with E-state index in [0.717, 1.165) is 5.56 Å². The van der Waals surface area contributed by atoms with Crippen LogP contribution in [0.2, 0.25) is 15.1 Å². The van der Waals surface area contributed by atoms with E-state index in [9.17, 15) is 9.90 Å². The van der Waals surface area contributed by atoms with Crippen LogP contribution in [0.3, 0.4) is 0 Å². The van der Waals surface area contributed by atoms with Gasteiger partial charge in [0.2, 0.25) is 0 Å². The fraction of sp³-hybridized carbons (Fsp3) is 0.222. The van der Waals surface area contributed by atoms with E-state index in [2.05, 4.69) is 4.98 Å². The third kappa shape index (κ3) is 4.55. The standard InChI is InChI=1S/C18H15Cl3N2O3/c19-12-3-1-11(2-4-12)8-26-9-14(24)7-23-10-22-17-15(18(23)25)5-13(20)6-16(17)21/h1-6,10,14,24H,7-9H2/t14-/m1/s1. The molecule has 0 unspecified atom stereocenters. The van der Waals surface area contributed by atoms with Crippen molar-refractivity contribution in [1.82, 2.24) is 9.55 Å². The fourth-order valence-electron chi connectivity index (χ4n) is 2.50. The summed E-state index contributed by atoms with van der Waals surface area (Å²) in [5, 5.41) is 11.8. The third-order valence-electron chi connectivity index (χ3n) is 3.75. The SMILES string of the molecule is O=c1c2cc(Cl)cc(Cl)c2ncn1C[C@@H](O)COCc1ccc(Cl)cc1. The zero-order valence-electron chi connectivity index (χ0n) is 13.5. The second kappa shape index (κ2) is 8.37. The average Bonchev–Trinajstić information content (AvgIpc) is 2.59. The van der Waals surface area contributed by atoms with Crippen LogP contribution < -0.4 is 5.56 Å². The van der Waals surface area contributed by atoms with Crippen LogP contribution in [0.25, 0.3) is 10.9 Å². The van der Waals surface area contributed by atoms with Crippen molar-refractivity contribution in [2.45, 2.75) is 19.3 Å². The van der Waals surface area contributed by atoms with Crippen molar-refractivity contribution in [2.24, 2.45) is 0 Å². The van der Waals surface area contributed by atoms with E-state index in [4.69, 9.17) is 39.5 Å². The number of nitrogens with zero attached hydrogens (tertiary/aromatic N) is 2. The molecule has 1 N–H and O–H groups in total. The minimum Gasteiger partial charge on any atom is -0.389 e. The van der Waals surface area contributed by atoms with E-state index in [1.807, 2.05) is 12.1 Å². The van der Waals surface area contributed by atoms with Gasteiger partial charge in [0.25, 0.3) is 5.56 Å². The average molecular weight is 414 g/mol. The first-order valence-electron chi connectivity index (χ1n) is 7.78. The second-order valence-electron chi connectivity index (χ2n) is 5.78. The summed E-state index contributed by atoms with van der Waals surface area (Å²) in [7, 11) is 0. The number of aliphatic hydroxyl groups is 1. The molecule has 1 aromatic heterocycles. The summed E-state index contributed by atoms with van der Waals surface area (Å²) in [6.45, 7) is 0.459. The van der Waals surface area contributed by atoms with Crippen LogP contribution in [0.4, 0.5) is 0 Å². The Morgan fingerprint density at radius 3 is 2.58 bits per heavy atom. The monoisotopic (exact) mass is 412 g/mol. The Bertz CT molecular complexity index is 974. The van der Waals surface area contributed by atoms with E-state index in [1.165, 1.54) is 23.0 Å². The van der Waals surface area contributed by atoms with Gasteiger partial charge >= 0.3 is 0 Å². The minimum atomic E-state index is -0.867. The zero-order valence-corrected chi connectivity index (χ0v) is 15.8. The number of hydrogen-bond donors (Lipinski definition) is 1. The number of aliphatic hydroxyl groups excluding tert-OH is 1. The summed E-state index contributed by atoms with van der Waals surface area (Å²) in [5.74, 6) is 0. The van der Waals surface area contributed by atoms with Crippen LogP contribution >= 0.6 is 34.8 Å². The normalized spacial score (nSPS) is 12.5. The molecule has 136 valence electrons. The van der Waals surface area contributed by atoms with Crippen molar-refractivity contribution < 1.29 is 9.84 Å². The van der Waals surface area contributed by atoms with Crippen LogP contribution in [0.5, 0.6) is 0 Å². The van der Waals surface area contributed by atoms with Gasteiger partial charge in [-0.25, -0.2) is 4.98 Å². The van der Waals surface area contributed by atoms with Crippen LogP contribution in [-0.2, 0) is 17.9 Å². The summed E-state index contributed by atoms with van der Waals surface area (Å²) in [5.41, 5.74) is 0.998. The Morgan fingerprint density at radius 1 is 1.12 bits per heavy atom. The summed E-state index contributed by atoms with van der Waals surface area (Å²) in [6, 6.07) is 10.3. The van der Waals surface area contributed by atoms with Crippen molar-refractivity contribution in [1.29, 1.82) is 0 Å². The minimum absolute atomic E-state index is 0.0481. The molecule has 1 heterocycles. The third-order valence-corrected chi connectivity index (χ3v) is 4.50. The quantitative estimate of drug-likeness (QED) is 0.665. The van der Waals surface area contributed by atoms with E-state index in [-0.39, 0.29) is 18.7 Å². The Morgan fingerprint density at radius 2 is 1.85 bits per heavy atom. The maximum absolute atomic E-state index is 12.5. The number of ether oxygens (including phenoxy) is 1. The van der Waals surface area contributed by atoms with E-state index >= 15 is 0 Å². The van der Waals surface area contributed by atoms with Gasteiger partial charge in [0, 0.05) is 10.0 Å². The number of hydrogen-bond acceptors (Lipinski definition) is 4. The van der Waals surface area contributed by atoms with Gasteiger partial charge in [-0.1, -0.05) is 46.9 Å². The highest BCUT2D eigenvalue weighted by Crippen LogP contribution is 2.24. The first kappa shape index (κ1) is 19.1. The molecule has 0 saturated heterocycles. The number of rotatable bonds is 6. The van der Waals surface area contributed by atoms with Gasteiger partial charge in [0.15, 0.2) is 0 Å². The predicted octanol–water partition coefficient (Wildman–Crippen LogP) is 3.93. The molecule has 0 radical (unpaired) electrons. The van der Waals surface area contributed by atoms with Crippen molar-refractivity contribution in [3.8, 4) is 0 Å². The molecule has 0 bridgehead atoms. The molecule has 1 atom stereocenters. The molecule has 0 aliphatic carbocycles. The molecule has 26 heavy (non-hydrogen) atoms. The van der Waals surface area contributed by atoms with Gasteiger partial charge in [0.05, 0.1) is 48.1 Å². The molecule has 3 aromatic rings. The van der Waals surface area contributed by atoms with E-state index in [0.29, 0.717) is 32.6 Å². The first-order chi connectivity index (χ1) is 12.4. The van der Waals surface area contributed by atoms with Gasteiger partial charge < -0.3 is 9.84 Å². The lowest BCUT2D eigenvalue weighted by atomic mass is 10.2. The Kier molecular flexibility index (Phi) is 6.16. The summed E-state index contributed by atoms with van der Waals surface area (Å²) < 4.78 is 6.80. The topological polar surface area (TPSA) is 64.4 Å². The lowest BCUT2D eigenvalue weighted by Crippen LogP contribution is -2.29. The Hall–Kier alpha value is -1.63. The molecule has 8 heteroatoms. The van der Waals surface area contributed by atoms with Gasteiger partial charge in [0.1, 0.15) is 0 Å². The summed E-state index contributed by atoms with van der Waals surface area (Å²) in [4.78, 5) is 16.7. The zero-order chi connectivity index (χ0) is 18.7. The van der Waals surface area contributed by atoms with Crippen LogP contribution in [-0.4, -0.2) is 27.4 Å². The molecular formula is C18H15Cl3N2O3. The highest BCUT2D eigenvalue weighted by atomic mass is 35.5. The van der Waals surface area contributed by atoms with Gasteiger partial charge in [-0.3, -0.25) is 9.36 Å². The molecule has 0 saturated carbocycles. The Balaban J connectivity index is 1.65. The van der Waals surface area contributed by atoms with Gasteiger partial charge in [-0.05, 0) is 29.8 Å². The molecular weight excluding hydrogens is 399 g/mol. The number of fused-ring (bicyclic) bond motifs is 1. The van der Waals surface area contributed by atoms with Crippen LogP contribution in [0.1, 0.15) is 5.56 Å². The smallest absolute Gasteiger partial charge is 0.261 e. The van der Waals surface area contributed by atoms with Crippen molar-refractivity contribution >= 4 is 45.7 Å².